The van der Waals surface area contributed by atoms with Crippen LogP contribution < -0.4 is 5.32 Å². The molecule has 0 aliphatic rings. The maximum absolute atomic E-state index is 4.41. The van der Waals surface area contributed by atoms with Crippen LogP contribution in [-0.2, 0) is 13.1 Å². The molecule has 1 atom stereocenters. The van der Waals surface area contributed by atoms with Gasteiger partial charge >= 0.3 is 0 Å². The van der Waals surface area contributed by atoms with Gasteiger partial charge in [0.1, 0.15) is 5.82 Å². The molecule has 2 aromatic rings. The van der Waals surface area contributed by atoms with Crippen molar-refractivity contribution in [1.29, 1.82) is 0 Å². The highest BCUT2D eigenvalue weighted by molar-refractivity contribution is 9.10. The minimum Gasteiger partial charge on any atom is -0.334 e. The Morgan fingerprint density at radius 3 is 2.74 bits per heavy atom. The van der Waals surface area contributed by atoms with Gasteiger partial charge in [0.15, 0.2) is 0 Å². The second-order valence-electron chi connectivity index (χ2n) is 4.69. The van der Waals surface area contributed by atoms with Crippen LogP contribution in [0.25, 0.3) is 0 Å². The zero-order valence-corrected chi connectivity index (χ0v) is 13.0. The number of rotatable bonds is 6. The lowest BCUT2D eigenvalue weighted by Crippen LogP contribution is -2.20. The van der Waals surface area contributed by atoms with Crippen LogP contribution in [0.15, 0.2) is 41.1 Å². The maximum Gasteiger partial charge on any atom is 0.122 e. The van der Waals surface area contributed by atoms with Crippen molar-refractivity contribution in [3.63, 3.8) is 0 Å². The number of hydrogen-bond donors (Lipinski definition) is 1. The number of nitrogens with one attached hydrogen (secondary N) is 1. The monoisotopic (exact) mass is 321 g/mol. The first-order chi connectivity index (χ1) is 9.20. The van der Waals surface area contributed by atoms with Crippen LogP contribution in [0.3, 0.4) is 0 Å². The van der Waals surface area contributed by atoms with Crippen LogP contribution in [-0.4, -0.2) is 9.55 Å². The fourth-order valence-corrected chi connectivity index (χ4v) is 2.33. The van der Waals surface area contributed by atoms with Crippen LogP contribution >= 0.6 is 15.9 Å². The van der Waals surface area contributed by atoms with E-state index in [9.17, 15) is 0 Å². The highest BCUT2D eigenvalue weighted by Crippen LogP contribution is 2.16. The van der Waals surface area contributed by atoms with E-state index in [0.29, 0.717) is 6.04 Å². The van der Waals surface area contributed by atoms with E-state index in [1.807, 2.05) is 12.4 Å². The highest BCUT2D eigenvalue weighted by Gasteiger charge is 2.07. The van der Waals surface area contributed by atoms with Crippen molar-refractivity contribution in [1.82, 2.24) is 14.9 Å². The number of aromatic nitrogens is 2. The third kappa shape index (κ3) is 3.91. The Morgan fingerprint density at radius 2 is 2.05 bits per heavy atom. The van der Waals surface area contributed by atoms with Crippen LogP contribution in [0.5, 0.6) is 0 Å². The molecule has 1 N–H and O–H groups in total. The quantitative estimate of drug-likeness (QED) is 0.874. The van der Waals surface area contributed by atoms with Crippen molar-refractivity contribution in [2.75, 3.05) is 0 Å². The Labute approximate surface area is 123 Å². The summed E-state index contributed by atoms with van der Waals surface area (Å²) in [7, 11) is 0. The number of hydrogen-bond acceptors (Lipinski definition) is 2. The standard InChI is InChI=1S/C15H20BrN3/c1-3-9-19-10-8-17-15(19)11-18-12(2)13-4-6-14(16)7-5-13/h4-8,10,12,18H,3,9,11H2,1-2H3/t12-/m1/s1. The molecule has 0 radical (unpaired) electrons. The van der Waals surface area contributed by atoms with Crippen LogP contribution in [0, 0.1) is 0 Å². The van der Waals surface area contributed by atoms with Crippen LogP contribution in [0.4, 0.5) is 0 Å². The van der Waals surface area contributed by atoms with E-state index < -0.39 is 0 Å². The second-order valence-corrected chi connectivity index (χ2v) is 5.61. The molecule has 3 nitrogen and oxygen atoms in total. The molecular weight excluding hydrogens is 302 g/mol. The summed E-state index contributed by atoms with van der Waals surface area (Å²) in [6, 6.07) is 8.75. The van der Waals surface area contributed by atoms with Gasteiger partial charge < -0.3 is 9.88 Å². The van der Waals surface area contributed by atoms with Crippen molar-refractivity contribution in [2.45, 2.75) is 39.4 Å². The molecule has 2 rings (SSSR count). The second kappa shape index (κ2) is 6.87. The maximum atomic E-state index is 4.41. The SMILES string of the molecule is CCCn1ccnc1CN[C@H](C)c1ccc(Br)cc1. The molecule has 19 heavy (non-hydrogen) atoms. The van der Waals surface area contributed by atoms with E-state index in [0.717, 1.165) is 29.8 Å². The van der Waals surface area contributed by atoms with Crippen molar-refractivity contribution < 1.29 is 0 Å². The smallest absolute Gasteiger partial charge is 0.122 e. The summed E-state index contributed by atoms with van der Waals surface area (Å²) in [6.45, 7) is 6.19. The Kier molecular flexibility index (Phi) is 5.16. The number of aryl methyl sites for hydroxylation is 1. The molecule has 1 heterocycles. The minimum absolute atomic E-state index is 0.319. The van der Waals surface area contributed by atoms with E-state index in [1.165, 1.54) is 5.56 Å². The van der Waals surface area contributed by atoms with Gasteiger partial charge in [0, 0.05) is 29.5 Å². The summed E-state index contributed by atoms with van der Waals surface area (Å²) in [5, 5.41) is 3.52. The predicted molar refractivity (Wildman–Crippen MR) is 81.9 cm³/mol. The minimum atomic E-state index is 0.319. The van der Waals surface area contributed by atoms with E-state index in [-0.39, 0.29) is 0 Å². The zero-order chi connectivity index (χ0) is 13.7. The Bertz CT molecular complexity index is 504. The van der Waals surface area contributed by atoms with Gasteiger partial charge in [0.25, 0.3) is 0 Å². The predicted octanol–water partition coefficient (Wildman–Crippen LogP) is 3.91. The molecule has 0 aliphatic heterocycles. The molecule has 1 aromatic carbocycles. The van der Waals surface area contributed by atoms with Gasteiger partial charge in [0.2, 0.25) is 0 Å². The molecule has 0 aliphatic carbocycles. The topological polar surface area (TPSA) is 29.9 Å². The molecule has 1 aromatic heterocycles. The summed E-state index contributed by atoms with van der Waals surface area (Å²) in [5.41, 5.74) is 1.29. The van der Waals surface area contributed by atoms with Crippen molar-refractivity contribution in [3.8, 4) is 0 Å². The van der Waals surface area contributed by atoms with Gasteiger partial charge in [0.05, 0.1) is 6.54 Å². The lowest BCUT2D eigenvalue weighted by molar-refractivity contribution is 0.532. The fraction of sp³-hybridized carbons (Fsp3) is 0.400. The molecule has 102 valence electrons. The van der Waals surface area contributed by atoms with Crippen molar-refractivity contribution >= 4 is 15.9 Å². The first-order valence-corrected chi connectivity index (χ1v) is 7.49. The first kappa shape index (κ1) is 14.3. The number of halogens is 1. The number of imidazole rings is 1. The number of nitrogens with zero attached hydrogens (tertiary/aromatic N) is 2. The van der Waals surface area contributed by atoms with Gasteiger partial charge in [-0.05, 0) is 31.0 Å². The van der Waals surface area contributed by atoms with Gasteiger partial charge in [-0.1, -0.05) is 35.0 Å². The summed E-state index contributed by atoms with van der Waals surface area (Å²) in [5.74, 6) is 1.10. The zero-order valence-electron chi connectivity index (χ0n) is 11.4. The van der Waals surface area contributed by atoms with Gasteiger partial charge in [-0.25, -0.2) is 4.98 Å². The molecule has 0 saturated heterocycles. The Morgan fingerprint density at radius 1 is 1.32 bits per heavy atom. The Balaban J connectivity index is 1.94. The first-order valence-electron chi connectivity index (χ1n) is 6.69. The van der Waals surface area contributed by atoms with Gasteiger partial charge in [-0.2, -0.15) is 0 Å². The lowest BCUT2D eigenvalue weighted by Gasteiger charge is -2.15. The third-order valence-corrected chi connectivity index (χ3v) is 3.73. The van der Waals surface area contributed by atoms with Crippen molar-refractivity contribution in [3.05, 3.63) is 52.5 Å². The molecule has 0 fully saturated rings. The Hall–Kier alpha value is -1.13. The fourth-order valence-electron chi connectivity index (χ4n) is 2.07. The lowest BCUT2D eigenvalue weighted by atomic mass is 10.1. The largest absolute Gasteiger partial charge is 0.334 e. The van der Waals surface area contributed by atoms with Crippen molar-refractivity contribution in [2.24, 2.45) is 0 Å². The van der Waals surface area contributed by atoms with Gasteiger partial charge in [-0.15, -0.1) is 0 Å². The molecule has 0 amide bonds. The average molecular weight is 322 g/mol. The van der Waals surface area contributed by atoms with Crippen LogP contribution in [0.1, 0.15) is 37.7 Å². The van der Waals surface area contributed by atoms with Crippen LogP contribution in [0.2, 0.25) is 0 Å². The molecular formula is C15H20BrN3. The molecule has 0 saturated carbocycles. The molecule has 0 bridgehead atoms. The summed E-state index contributed by atoms with van der Waals surface area (Å²) in [4.78, 5) is 4.41. The molecule has 0 spiro atoms. The summed E-state index contributed by atoms with van der Waals surface area (Å²) >= 11 is 3.46. The third-order valence-electron chi connectivity index (χ3n) is 3.20. The summed E-state index contributed by atoms with van der Waals surface area (Å²) < 4.78 is 3.32. The normalized spacial score (nSPS) is 12.6. The number of benzene rings is 1. The summed E-state index contributed by atoms with van der Waals surface area (Å²) in [6.07, 6.45) is 5.05. The molecule has 0 unspecified atom stereocenters. The van der Waals surface area contributed by atoms with Gasteiger partial charge in [-0.3, -0.25) is 0 Å². The van der Waals surface area contributed by atoms with E-state index in [2.05, 4.69) is 68.9 Å². The van der Waals surface area contributed by atoms with E-state index in [4.69, 9.17) is 0 Å². The van der Waals surface area contributed by atoms with E-state index >= 15 is 0 Å². The van der Waals surface area contributed by atoms with E-state index in [1.54, 1.807) is 0 Å². The molecule has 4 heteroatoms. The average Bonchev–Trinajstić information content (AvgIpc) is 2.85. The highest BCUT2D eigenvalue weighted by atomic mass is 79.9.